The van der Waals surface area contributed by atoms with E-state index >= 15 is 0 Å². The summed E-state index contributed by atoms with van der Waals surface area (Å²) in [7, 11) is 0. The van der Waals surface area contributed by atoms with Gasteiger partial charge in [-0.15, -0.1) is 0 Å². The molecular weight excluding hydrogens is 182 g/mol. The Bertz CT molecular complexity index is 274. The summed E-state index contributed by atoms with van der Waals surface area (Å²) >= 11 is 0. The SMILES string of the molecule is CCCCc1ccc(C(N)C(C)C)cc1. The minimum absolute atomic E-state index is 0.172. The molecule has 0 saturated carbocycles. The average molecular weight is 205 g/mol. The zero-order chi connectivity index (χ0) is 11.3. The third-order valence-electron chi connectivity index (χ3n) is 2.90. The van der Waals surface area contributed by atoms with E-state index in [1.807, 2.05) is 0 Å². The minimum atomic E-state index is 0.172. The van der Waals surface area contributed by atoms with Gasteiger partial charge >= 0.3 is 0 Å². The Morgan fingerprint density at radius 2 is 1.73 bits per heavy atom. The fourth-order valence-electron chi connectivity index (χ4n) is 1.67. The predicted molar refractivity (Wildman–Crippen MR) is 66.8 cm³/mol. The Kier molecular flexibility index (Phi) is 4.83. The van der Waals surface area contributed by atoms with E-state index in [4.69, 9.17) is 5.73 Å². The molecule has 1 unspecified atom stereocenters. The molecule has 1 heteroatoms. The van der Waals surface area contributed by atoms with E-state index in [9.17, 15) is 0 Å². The van der Waals surface area contributed by atoms with Gasteiger partial charge in [-0.1, -0.05) is 51.5 Å². The lowest BCUT2D eigenvalue weighted by atomic mass is 9.95. The first-order valence-electron chi connectivity index (χ1n) is 5.99. The molecular formula is C14H23N. The van der Waals surface area contributed by atoms with Crippen LogP contribution in [0.2, 0.25) is 0 Å². The maximum atomic E-state index is 6.09. The monoisotopic (exact) mass is 205 g/mol. The first kappa shape index (κ1) is 12.3. The fourth-order valence-corrected chi connectivity index (χ4v) is 1.67. The first-order valence-corrected chi connectivity index (χ1v) is 5.99. The highest BCUT2D eigenvalue weighted by Crippen LogP contribution is 2.19. The Morgan fingerprint density at radius 3 is 2.20 bits per heavy atom. The lowest BCUT2D eigenvalue weighted by Crippen LogP contribution is -2.16. The average Bonchev–Trinajstić information content (AvgIpc) is 2.26. The van der Waals surface area contributed by atoms with Gasteiger partial charge in [0, 0.05) is 6.04 Å². The normalized spacial score (nSPS) is 13.1. The van der Waals surface area contributed by atoms with Crippen LogP contribution in [0.5, 0.6) is 0 Å². The van der Waals surface area contributed by atoms with Crippen molar-refractivity contribution in [1.82, 2.24) is 0 Å². The Balaban J connectivity index is 2.63. The van der Waals surface area contributed by atoms with Crippen LogP contribution >= 0.6 is 0 Å². The number of nitrogens with two attached hydrogens (primary N) is 1. The molecule has 0 aromatic heterocycles. The van der Waals surface area contributed by atoms with Crippen LogP contribution in [0.3, 0.4) is 0 Å². The molecule has 1 nitrogen and oxygen atoms in total. The molecule has 15 heavy (non-hydrogen) atoms. The van der Waals surface area contributed by atoms with Crippen LogP contribution in [0.15, 0.2) is 24.3 Å². The Labute approximate surface area is 93.7 Å². The van der Waals surface area contributed by atoms with E-state index in [0.717, 1.165) is 0 Å². The molecule has 0 amide bonds. The van der Waals surface area contributed by atoms with E-state index in [0.29, 0.717) is 5.92 Å². The van der Waals surface area contributed by atoms with Crippen molar-refractivity contribution in [3.05, 3.63) is 35.4 Å². The van der Waals surface area contributed by atoms with Gasteiger partial charge in [0.15, 0.2) is 0 Å². The summed E-state index contributed by atoms with van der Waals surface area (Å²) in [6.45, 7) is 6.55. The third kappa shape index (κ3) is 3.67. The van der Waals surface area contributed by atoms with Crippen molar-refractivity contribution in [1.29, 1.82) is 0 Å². The van der Waals surface area contributed by atoms with Crippen LogP contribution in [-0.4, -0.2) is 0 Å². The largest absolute Gasteiger partial charge is 0.324 e. The summed E-state index contributed by atoms with van der Waals surface area (Å²) in [5.41, 5.74) is 8.77. The quantitative estimate of drug-likeness (QED) is 0.779. The molecule has 0 aliphatic carbocycles. The van der Waals surface area contributed by atoms with Crippen molar-refractivity contribution in [3.63, 3.8) is 0 Å². The van der Waals surface area contributed by atoms with E-state index in [-0.39, 0.29) is 6.04 Å². The maximum Gasteiger partial charge on any atom is 0.0318 e. The third-order valence-corrected chi connectivity index (χ3v) is 2.90. The van der Waals surface area contributed by atoms with Crippen LogP contribution in [-0.2, 0) is 6.42 Å². The standard InChI is InChI=1S/C14H23N/c1-4-5-6-12-7-9-13(10-8-12)14(15)11(2)3/h7-11,14H,4-6,15H2,1-3H3. The Morgan fingerprint density at radius 1 is 1.13 bits per heavy atom. The van der Waals surface area contributed by atoms with Gasteiger partial charge in [0.25, 0.3) is 0 Å². The molecule has 0 saturated heterocycles. The van der Waals surface area contributed by atoms with E-state index in [1.165, 1.54) is 30.4 Å². The van der Waals surface area contributed by atoms with Crippen molar-refractivity contribution in [3.8, 4) is 0 Å². The summed E-state index contributed by atoms with van der Waals surface area (Å²) in [5.74, 6) is 0.506. The highest BCUT2D eigenvalue weighted by molar-refractivity contribution is 5.25. The van der Waals surface area contributed by atoms with Crippen molar-refractivity contribution in [2.24, 2.45) is 11.7 Å². The number of unbranched alkanes of at least 4 members (excludes halogenated alkanes) is 1. The number of rotatable bonds is 5. The summed E-state index contributed by atoms with van der Waals surface area (Å²) < 4.78 is 0. The second-order valence-electron chi connectivity index (χ2n) is 4.61. The van der Waals surface area contributed by atoms with Gasteiger partial charge in [-0.2, -0.15) is 0 Å². The van der Waals surface area contributed by atoms with Crippen LogP contribution in [0.4, 0.5) is 0 Å². The van der Waals surface area contributed by atoms with Gasteiger partial charge in [-0.05, 0) is 29.9 Å². The highest BCUT2D eigenvalue weighted by Gasteiger charge is 2.09. The smallest absolute Gasteiger partial charge is 0.0318 e. The summed E-state index contributed by atoms with van der Waals surface area (Å²) in [5, 5.41) is 0. The van der Waals surface area contributed by atoms with Gasteiger partial charge < -0.3 is 5.73 Å². The number of hydrogen-bond donors (Lipinski definition) is 1. The molecule has 0 aliphatic heterocycles. The molecule has 0 radical (unpaired) electrons. The molecule has 0 bridgehead atoms. The molecule has 1 atom stereocenters. The lowest BCUT2D eigenvalue weighted by molar-refractivity contribution is 0.514. The maximum absolute atomic E-state index is 6.09. The van der Waals surface area contributed by atoms with E-state index < -0.39 is 0 Å². The fraction of sp³-hybridized carbons (Fsp3) is 0.571. The lowest BCUT2D eigenvalue weighted by Gasteiger charge is -2.16. The molecule has 0 aliphatic rings. The van der Waals surface area contributed by atoms with Crippen molar-refractivity contribution >= 4 is 0 Å². The number of aryl methyl sites for hydroxylation is 1. The van der Waals surface area contributed by atoms with Crippen molar-refractivity contribution in [2.45, 2.75) is 46.1 Å². The molecule has 84 valence electrons. The Hall–Kier alpha value is -0.820. The highest BCUT2D eigenvalue weighted by atomic mass is 14.6. The first-order chi connectivity index (χ1) is 7.15. The molecule has 1 rings (SSSR count). The second kappa shape index (κ2) is 5.92. The van der Waals surface area contributed by atoms with E-state index in [1.54, 1.807) is 0 Å². The van der Waals surface area contributed by atoms with E-state index in [2.05, 4.69) is 45.0 Å². The topological polar surface area (TPSA) is 26.0 Å². The number of benzene rings is 1. The van der Waals surface area contributed by atoms with Gasteiger partial charge in [0.05, 0.1) is 0 Å². The van der Waals surface area contributed by atoms with Gasteiger partial charge in [-0.25, -0.2) is 0 Å². The van der Waals surface area contributed by atoms with Crippen molar-refractivity contribution in [2.75, 3.05) is 0 Å². The second-order valence-corrected chi connectivity index (χ2v) is 4.61. The van der Waals surface area contributed by atoms with Crippen LogP contribution in [0, 0.1) is 5.92 Å². The van der Waals surface area contributed by atoms with Crippen LogP contribution < -0.4 is 5.73 Å². The molecule has 2 N–H and O–H groups in total. The minimum Gasteiger partial charge on any atom is -0.324 e. The van der Waals surface area contributed by atoms with Gasteiger partial charge in [0.2, 0.25) is 0 Å². The van der Waals surface area contributed by atoms with Crippen LogP contribution in [0.1, 0.15) is 50.8 Å². The molecule has 0 fully saturated rings. The predicted octanol–water partition coefficient (Wildman–Crippen LogP) is 3.69. The zero-order valence-corrected chi connectivity index (χ0v) is 10.2. The van der Waals surface area contributed by atoms with Gasteiger partial charge in [-0.3, -0.25) is 0 Å². The summed E-state index contributed by atoms with van der Waals surface area (Å²) in [6.07, 6.45) is 3.72. The zero-order valence-electron chi connectivity index (χ0n) is 10.2. The molecule has 0 heterocycles. The number of hydrogen-bond acceptors (Lipinski definition) is 1. The van der Waals surface area contributed by atoms with Crippen LogP contribution in [0.25, 0.3) is 0 Å². The molecule has 0 spiro atoms. The summed E-state index contributed by atoms with van der Waals surface area (Å²) in [6, 6.07) is 8.96. The molecule has 1 aromatic carbocycles. The molecule has 1 aromatic rings. The van der Waals surface area contributed by atoms with Gasteiger partial charge in [0.1, 0.15) is 0 Å². The summed E-state index contributed by atoms with van der Waals surface area (Å²) in [4.78, 5) is 0. The van der Waals surface area contributed by atoms with Crippen molar-refractivity contribution < 1.29 is 0 Å².